The highest BCUT2D eigenvalue weighted by Crippen LogP contribution is 2.03. The number of nitrogens with one attached hydrogen (secondary N) is 2. The van der Waals surface area contributed by atoms with E-state index in [1.165, 1.54) is 5.12 Å². The van der Waals surface area contributed by atoms with Gasteiger partial charge < -0.3 is 0 Å². The van der Waals surface area contributed by atoms with E-state index in [-0.39, 0.29) is 5.91 Å². The van der Waals surface area contributed by atoms with Gasteiger partial charge in [-0.2, -0.15) is 8.42 Å². The van der Waals surface area contributed by atoms with E-state index in [2.05, 4.69) is 17.4 Å². The molecule has 0 radical (unpaired) electrons. The second-order valence-corrected chi connectivity index (χ2v) is 3.78. The van der Waals surface area contributed by atoms with E-state index in [0.717, 1.165) is 12.8 Å². The Labute approximate surface area is 101 Å². The molecule has 0 rings (SSSR count). The van der Waals surface area contributed by atoms with Crippen LogP contribution in [0.15, 0.2) is 12.2 Å². The number of hydrazine groups is 2. The van der Waals surface area contributed by atoms with Gasteiger partial charge >= 0.3 is 10.4 Å². The first-order chi connectivity index (χ1) is 7.67. The van der Waals surface area contributed by atoms with Crippen LogP contribution in [0.4, 0.5) is 0 Å². The zero-order chi connectivity index (χ0) is 14.1. The molecule has 8 nitrogen and oxygen atoms in total. The zero-order valence-electron chi connectivity index (χ0n) is 10.1. The minimum absolute atomic E-state index is 0.109. The zero-order valence-corrected chi connectivity index (χ0v) is 10.9. The third-order valence-electron chi connectivity index (χ3n) is 1.50. The second-order valence-electron chi connectivity index (χ2n) is 2.89. The maximum absolute atomic E-state index is 11.4. The Hall–Kier alpha value is -1.00. The molecule has 0 saturated carbocycles. The second kappa shape index (κ2) is 9.07. The summed E-state index contributed by atoms with van der Waals surface area (Å²) < 4.78 is 31.6. The van der Waals surface area contributed by atoms with Gasteiger partial charge in [-0.15, -0.1) is 0 Å². The number of rotatable bonds is 5. The van der Waals surface area contributed by atoms with Crippen molar-refractivity contribution in [3.63, 3.8) is 0 Å². The van der Waals surface area contributed by atoms with Crippen molar-refractivity contribution in [3.8, 4) is 0 Å². The van der Waals surface area contributed by atoms with Gasteiger partial charge in [-0.1, -0.05) is 19.9 Å². The summed E-state index contributed by atoms with van der Waals surface area (Å²) >= 11 is 0. The molecular weight excluding hydrogens is 250 g/mol. The Kier molecular flexibility index (Phi) is 9.80. The van der Waals surface area contributed by atoms with Crippen LogP contribution in [0.3, 0.4) is 0 Å². The average Bonchev–Trinajstić information content (AvgIpc) is 2.17. The topological polar surface area (TPSA) is 119 Å². The molecule has 17 heavy (non-hydrogen) atoms. The summed E-state index contributed by atoms with van der Waals surface area (Å²) in [5.41, 5.74) is 6.02. The van der Waals surface area contributed by atoms with Crippen molar-refractivity contribution in [1.29, 1.82) is 0 Å². The van der Waals surface area contributed by atoms with Gasteiger partial charge in [0, 0.05) is 19.7 Å². The Balaban J connectivity index is 0. The summed E-state index contributed by atoms with van der Waals surface area (Å²) in [6.45, 7) is 5.71. The standard InChI is InChI=1S/C8H17N3O.H2O4S/c1-5-6-7(2)8(12)11(9-3)10-4;1-5(2,3)4/h9-10H,2,5-6H2,1,3-4H3;(H2,1,2,3,4). The number of hydrogen-bond donors (Lipinski definition) is 4. The molecule has 0 saturated heterocycles. The van der Waals surface area contributed by atoms with Crippen molar-refractivity contribution in [2.45, 2.75) is 19.8 Å². The van der Waals surface area contributed by atoms with Crippen LogP contribution in [0.2, 0.25) is 0 Å². The quantitative estimate of drug-likeness (QED) is 0.309. The Morgan fingerprint density at radius 1 is 1.29 bits per heavy atom. The van der Waals surface area contributed by atoms with Crippen LogP contribution in [-0.4, -0.2) is 42.6 Å². The molecule has 4 N–H and O–H groups in total. The van der Waals surface area contributed by atoms with Crippen molar-refractivity contribution in [3.05, 3.63) is 12.2 Å². The van der Waals surface area contributed by atoms with Crippen molar-refractivity contribution in [1.82, 2.24) is 16.0 Å². The lowest BCUT2D eigenvalue weighted by molar-refractivity contribution is -0.133. The lowest BCUT2D eigenvalue weighted by atomic mass is 10.2. The van der Waals surface area contributed by atoms with Crippen molar-refractivity contribution >= 4 is 16.3 Å². The minimum atomic E-state index is -4.67. The Bertz CT molecular complexity index is 329. The molecule has 0 aliphatic heterocycles. The number of carbonyl (C=O) groups excluding carboxylic acids is 1. The molecule has 0 heterocycles. The average molecular weight is 269 g/mol. The van der Waals surface area contributed by atoms with Gasteiger partial charge in [0.2, 0.25) is 0 Å². The molecule has 0 aromatic carbocycles. The molecule has 0 aliphatic carbocycles. The van der Waals surface area contributed by atoms with Crippen molar-refractivity contribution < 1.29 is 22.3 Å². The van der Waals surface area contributed by atoms with E-state index in [1.54, 1.807) is 14.1 Å². The smallest absolute Gasteiger partial charge is 0.267 e. The normalized spacial score (nSPS) is 10.2. The fourth-order valence-corrected chi connectivity index (χ4v) is 0.882. The van der Waals surface area contributed by atoms with E-state index < -0.39 is 10.4 Å². The summed E-state index contributed by atoms with van der Waals surface area (Å²) in [7, 11) is -1.32. The molecule has 102 valence electrons. The van der Waals surface area contributed by atoms with Gasteiger partial charge in [-0.25, -0.2) is 16.0 Å². The molecule has 0 fully saturated rings. The predicted octanol–water partition coefficient (Wildman–Crippen LogP) is -0.213. The highest BCUT2D eigenvalue weighted by molar-refractivity contribution is 7.79. The van der Waals surface area contributed by atoms with E-state index in [9.17, 15) is 4.79 Å². The van der Waals surface area contributed by atoms with Gasteiger partial charge in [-0.05, 0) is 6.42 Å². The van der Waals surface area contributed by atoms with Crippen molar-refractivity contribution in [2.75, 3.05) is 14.1 Å². The lowest BCUT2D eigenvalue weighted by Gasteiger charge is -2.20. The number of amides is 1. The third-order valence-corrected chi connectivity index (χ3v) is 1.50. The molecule has 0 aliphatic rings. The first-order valence-electron chi connectivity index (χ1n) is 4.74. The van der Waals surface area contributed by atoms with E-state index >= 15 is 0 Å². The first-order valence-corrected chi connectivity index (χ1v) is 6.13. The summed E-state index contributed by atoms with van der Waals surface area (Å²) in [4.78, 5) is 11.4. The van der Waals surface area contributed by atoms with E-state index in [1.807, 2.05) is 6.92 Å². The molecular formula is C8H19N3O5S. The fourth-order valence-electron chi connectivity index (χ4n) is 0.882. The van der Waals surface area contributed by atoms with Crippen molar-refractivity contribution in [2.24, 2.45) is 0 Å². The highest BCUT2D eigenvalue weighted by atomic mass is 32.3. The predicted molar refractivity (Wildman–Crippen MR) is 63.2 cm³/mol. The van der Waals surface area contributed by atoms with Gasteiger partial charge in [0.15, 0.2) is 0 Å². The SMILES string of the molecule is C=C(CCC)C(=O)N(NC)NC.O=S(=O)(O)O. The van der Waals surface area contributed by atoms with Crippen LogP contribution in [0.25, 0.3) is 0 Å². The van der Waals surface area contributed by atoms with Gasteiger partial charge in [0.1, 0.15) is 0 Å². The van der Waals surface area contributed by atoms with Crippen LogP contribution in [0, 0.1) is 0 Å². The maximum Gasteiger partial charge on any atom is 0.394 e. The summed E-state index contributed by atoms with van der Waals surface area (Å²) in [5.74, 6) is -0.109. The minimum Gasteiger partial charge on any atom is -0.267 e. The van der Waals surface area contributed by atoms with Crippen LogP contribution in [0.1, 0.15) is 19.8 Å². The van der Waals surface area contributed by atoms with Crippen LogP contribution >= 0.6 is 0 Å². The van der Waals surface area contributed by atoms with Gasteiger partial charge in [-0.3, -0.25) is 13.9 Å². The third kappa shape index (κ3) is 12.9. The fraction of sp³-hybridized carbons (Fsp3) is 0.625. The largest absolute Gasteiger partial charge is 0.394 e. The molecule has 0 aromatic heterocycles. The molecule has 0 atom stereocenters. The molecule has 1 amide bonds. The van der Waals surface area contributed by atoms with E-state index in [4.69, 9.17) is 17.5 Å². The van der Waals surface area contributed by atoms with Gasteiger partial charge in [0.05, 0.1) is 0 Å². The Morgan fingerprint density at radius 3 is 1.88 bits per heavy atom. The first kappa shape index (κ1) is 18.4. The maximum atomic E-state index is 11.4. The molecule has 0 unspecified atom stereocenters. The summed E-state index contributed by atoms with van der Waals surface area (Å²) in [5, 5.41) is 1.30. The summed E-state index contributed by atoms with van der Waals surface area (Å²) in [6, 6.07) is 0. The lowest BCUT2D eigenvalue weighted by Crippen LogP contribution is -2.48. The Morgan fingerprint density at radius 2 is 1.65 bits per heavy atom. The number of nitrogens with zero attached hydrogens (tertiary/aromatic N) is 1. The molecule has 0 bridgehead atoms. The molecule has 0 aromatic rings. The van der Waals surface area contributed by atoms with Crippen LogP contribution in [0.5, 0.6) is 0 Å². The number of carbonyl (C=O) groups is 1. The number of hydrogen-bond acceptors (Lipinski definition) is 5. The molecule has 0 spiro atoms. The van der Waals surface area contributed by atoms with Gasteiger partial charge in [0.25, 0.3) is 5.91 Å². The monoisotopic (exact) mass is 269 g/mol. The highest BCUT2D eigenvalue weighted by Gasteiger charge is 2.12. The summed E-state index contributed by atoms with van der Waals surface area (Å²) in [6.07, 6.45) is 1.67. The van der Waals surface area contributed by atoms with E-state index in [0.29, 0.717) is 5.57 Å². The van der Waals surface area contributed by atoms with Crippen LogP contribution in [-0.2, 0) is 15.2 Å². The molecule has 9 heteroatoms. The van der Waals surface area contributed by atoms with Crippen LogP contribution < -0.4 is 10.9 Å².